The van der Waals surface area contributed by atoms with Crippen LogP contribution in [0.25, 0.3) is 10.9 Å². The zero-order valence-electron chi connectivity index (χ0n) is 11.1. The van der Waals surface area contributed by atoms with Crippen LogP contribution in [0.2, 0.25) is 0 Å². The Morgan fingerprint density at radius 1 is 1.39 bits per heavy atom. The second kappa shape index (κ2) is 4.84. The summed E-state index contributed by atoms with van der Waals surface area (Å²) in [7, 11) is 0. The van der Waals surface area contributed by atoms with Gasteiger partial charge in [0.2, 0.25) is 0 Å². The van der Waals surface area contributed by atoms with Crippen molar-refractivity contribution in [3.8, 4) is 0 Å². The third kappa shape index (κ3) is 2.40. The number of H-pyrrole nitrogens is 1. The first kappa shape index (κ1) is 12.7. The summed E-state index contributed by atoms with van der Waals surface area (Å²) in [6.45, 7) is 6.33. The van der Waals surface area contributed by atoms with Crippen molar-refractivity contribution < 1.29 is 9.90 Å². The van der Waals surface area contributed by atoms with Gasteiger partial charge in [-0.15, -0.1) is 0 Å². The van der Waals surface area contributed by atoms with Crippen molar-refractivity contribution in [2.75, 3.05) is 0 Å². The first-order valence-electron chi connectivity index (χ1n) is 6.32. The standard InChI is InChI=1S/C15H19NO2/c1-9(2)11-4-6-14-13(8-11)12(10(3)16-14)5-7-15(17)18/h4,6,8-9,16H,5,7H2,1-3H3,(H,17,18). The van der Waals surface area contributed by atoms with Gasteiger partial charge < -0.3 is 10.1 Å². The minimum atomic E-state index is -0.747. The largest absolute Gasteiger partial charge is 0.481 e. The fourth-order valence-electron chi connectivity index (χ4n) is 2.31. The smallest absolute Gasteiger partial charge is 0.303 e. The minimum Gasteiger partial charge on any atom is -0.481 e. The Hall–Kier alpha value is -1.77. The molecule has 96 valence electrons. The van der Waals surface area contributed by atoms with Crippen LogP contribution in [0.3, 0.4) is 0 Å². The van der Waals surface area contributed by atoms with E-state index in [1.165, 1.54) is 10.9 Å². The van der Waals surface area contributed by atoms with Gasteiger partial charge >= 0.3 is 5.97 Å². The van der Waals surface area contributed by atoms with E-state index in [1.54, 1.807) is 0 Å². The number of hydrogen-bond acceptors (Lipinski definition) is 1. The van der Waals surface area contributed by atoms with Gasteiger partial charge in [-0.25, -0.2) is 0 Å². The number of benzene rings is 1. The molecular formula is C15H19NO2. The van der Waals surface area contributed by atoms with Crippen molar-refractivity contribution in [3.05, 3.63) is 35.0 Å². The predicted octanol–water partition coefficient (Wildman–Crippen LogP) is 3.62. The molecule has 0 saturated carbocycles. The van der Waals surface area contributed by atoms with Crippen molar-refractivity contribution in [2.45, 2.75) is 39.5 Å². The van der Waals surface area contributed by atoms with Gasteiger partial charge in [0, 0.05) is 23.0 Å². The molecule has 3 nitrogen and oxygen atoms in total. The quantitative estimate of drug-likeness (QED) is 0.864. The van der Waals surface area contributed by atoms with Gasteiger partial charge in [-0.3, -0.25) is 4.79 Å². The van der Waals surface area contributed by atoms with Crippen LogP contribution in [-0.2, 0) is 11.2 Å². The molecule has 0 aliphatic carbocycles. The normalized spacial score (nSPS) is 11.3. The third-order valence-corrected chi connectivity index (χ3v) is 3.40. The van der Waals surface area contributed by atoms with Crippen molar-refractivity contribution in [2.24, 2.45) is 0 Å². The average molecular weight is 245 g/mol. The molecule has 0 atom stereocenters. The van der Waals surface area contributed by atoms with Crippen LogP contribution >= 0.6 is 0 Å². The van der Waals surface area contributed by atoms with Crippen molar-refractivity contribution >= 4 is 16.9 Å². The lowest BCUT2D eigenvalue weighted by Gasteiger charge is -2.06. The molecule has 2 rings (SSSR count). The van der Waals surface area contributed by atoms with E-state index in [2.05, 4.69) is 37.0 Å². The lowest BCUT2D eigenvalue weighted by Crippen LogP contribution is -1.98. The second-order valence-electron chi connectivity index (χ2n) is 5.08. The highest BCUT2D eigenvalue weighted by Crippen LogP contribution is 2.27. The van der Waals surface area contributed by atoms with Crippen LogP contribution in [0.4, 0.5) is 0 Å². The molecule has 18 heavy (non-hydrogen) atoms. The van der Waals surface area contributed by atoms with Crippen LogP contribution < -0.4 is 0 Å². The summed E-state index contributed by atoms with van der Waals surface area (Å²) in [6, 6.07) is 6.40. The molecule has 0 amide bonds. The number of nitrogens with one attached hydrogen (secondary N) is 1. The molecule has 3 heteroatoms. The second-order valence-corrected chi connectivity index (χ2v) is 5.08. The number of hydrogen-bond donors (Lipinski definition) is 2. The lowest BCUT2D eigenvalue weighted by atomic mass is 9.98. The molecule has 1 aromatic heterocycles. The Bertz CT molecular complexity index is 581. The number of aliphatic carboxylic acids is 1. The molecule has 1 aromatic carbocycles. The number of rotatable bonds is 4. The van der Waals surface area contributed by atoms with Crippen LogP contribution in [0.1, 0.15) is 43.0 Å². The van der Waals surface area contributed by atoms with E-state index in [-0.39, 0.29) is 6.42 Å². The summed E-state index contributed by atoms with van der Waals surface area (Å²) in [5.74, 6) is -0.263. The number of fused-ring (bicyclic) bond motifs is 1. The summed E-state index contributed by atoms with van der Waals surface area (Å²) < 4.78 is 0. The van der Waals surface area contributed by atoms with Gasteiger partial charge in [0.05, 0.1) is 0 Å². The van der Waals surface area contributed by atoms with Gasteiger partial charge in [-0.05, 0) is 42.5 Å². The van der Waals surface area contributed by atoms with E-state index in [1.807, 2.05) is 6.92 Å². The van der Waals surface area contributed by atoms with Gasteiger partial charge in [-0.1, -0.05) is 19.9 Å². The maximum atomic E-state index is 10.7. The van der Waals surface area contributed by atoms with Crippen molar-refractivity contribution in [1.82, 2.24) is 4.98 Å². The fourth-order valence-corrected chi connectivity index (χ4v) is 2.31. The number of aromatic nitrogens is 1. The van der Waals surface area contributed by atoms with Crippen LogP contribution in [0, 0.1) is 6.92 Å². The SMILES string of the molecule is Cc1[nH]c2ccc(C(C)C)cc2c1CCC(=O)O. The Labute approximate surface area is 107 Å². The van der Waals surface area contributed by atoms with Crippen LogP contribution in [-0.4, -0.2) is 16.1 Å². The highest BCUT2D eigenvalue weighted by Gasteiger charge is 2.11. The van der Waals surface area contributed by atoms with E-state index in [0.717, 1.165) is 16.8 Å². The zero-order valence-corrected chi connectivity index (χ0v) is 11.1. The van der Waals surface area contributed by atoms with E-state index < -0.39 is 5.97 Å². The summed E-state index contributed by atoms with van der Waals surface area (Å²) in [6.07, 6.45) is 0.766. The highest BCUT2D eigenvalue weighted by molar-refractivity contribution is 5.86. The van der Waals surface area contributed by atoms with E-state index in [9.17, 15) is 4.79 Å². The molecule has 2 N–H and O–H groups in total. The maximum absolute atomic E-state index is 10.7. The van der Waals surface area contributed by atoms with Crippen LogP contribution in [0.15, 0.2) is 18.2 Å². The third-order valence-electron chi connectivity index (χ3n) is 3.40. The van der Waals surface area contributed by atoms with Gasteiger partial charge in [-0.2, -0.15) is 0 Å². The Balaban J connectivity index is 2.46. The molecule has 2 aromatic rings. The Morgan fingerprint density at radius 2 is 2.11 bits per heavy atom. The van der Waals surface area contributed by atoms with Gasteiger partial charge in [0.25, 0.3) is 0 Å². The molecule has 0 spiro atoms. The highest BCUT2D eigenvalue weighted by atomic mass is 16.4. The number of carboxylic acids is 1. The molecule has 0 radical (unpaired) electrons. The number of carbonyl (C=O) groups is 1. The lowest BCUT2D eigenvalue weighted by molar-refractivity contribution is -0.136. The van der Waals surface area contributed by atoms with Crippen molar-refractivity contribution in [3.63, 3.8) is 0 Å². The van der Waals surface area contributed by atoms with Crippen LogP contribution in [0.5, 0.6) is 0 Å². The summed E-state index contributed by atoms with van der Waals surface area (Å²) in [4.78, 5) is 14.0. The summed E-state index contributed by atoms with van der Waals surface area (Å²) >= 11 is 0. The fraction of sp³-hybridized carbons (Fsp3) is 0.400. The first-order valence-corrected chi connectivity index (χ1v) is 6.32. The molecule has 0 saturated heterocycles. The number of carboxylic acid groups (broad SMARTS) is 1. The topological polar surface area (TPSA) is 53.1 Å². The Morgan fingerprint density at radius 3 is 2.72 bits per heavy atom. The molecule has 0 aliphatic heterocycles. The molecule has 0 bridgehead atoms. The molecule has 0 fully saturated rings. The molecular weight excluding hydrogens is 226 g/mol. The van der Waals surface area contributed by atoms with Gasteiger partial charge in [0.15, 0.2) is 0 Å². The van der Waals surface area contributed by atoms with Gasteiger partial charge in [0.1, 0.15) is 0 Å². The monoisotopic (exact) mass is 245 g/mol. The minimum absolute atomic E-state index is 0.180. The zero-order chi connectivity index (χ0) is 13.3. The molecule has 0 unspecified atom stereocenters. The molecule has 0 aliphatic rings. The number of aryl methyl sites for hydroxylation is 2. The average Bonchev–Trinajstić information content (AvgIpc) is 2.60. The maximum Gasteiger partial charge on any atom is 0.303 e. The van der Waals surface area contributed by atoms with E-state index in [0.29, 0.717) is 12.3 Å². The number of aromatic amines is 1. The first-order chi connectivity index (χ1) is 8.49. The van der Waals surface area contributed by atoms with E-state index in [4.69, 9.17) is 5.11 Å². The Kier molecular flexibility index (Phi) is 3.41. The predicted molar refractivity (Wildman–Crippen MR) is 73.1 cm³/mol. The molecule has 1 heterocycles. The van der Waals surface area contributed by atoms with Crippen molar-refractivity contribution in [1.29, 1.82) is 0 Å². The summed E-state index contributed by atoms with van der Waals surface area (Å²) in [5.41, 5.74) is 4.59. The van der Waals surface area contributed by atoms with E-state index >= 15 is 0 Å². The summed E-state index contributed by atoms with van der Waals surface area (Å²) in [5, 5.41) is 9.97.